The predicted octanol–water partition coefficient (Wildman–Crippen LogP) is 1.81. The van der Waals surface area contributed by atoms with Gasteiger partial charge in [-0.05, 0) is 35.6 Å². The molecule has 1 aromatic carbocycles. The molecule has 0 unspecified atom stereocenters. The highest BCUT2D eigenvalue weighted by atomic mass is 32.2. The number of sulfonamides is 1. The normalized spacial score (nSPS) is 11.0. The minimum Gasteiger partial charge on any atom is -0.326 e. The Morgan fingerprint density at radius 3 is 2.45 bits per heavy atom. The molecular formula is C11H10N4O5S2. The summed E-state index contributed by atoms with van der Waals surface area (Å²) >= 11 is 0.617. The smallest absolute Gasteiger partial charge is 0.326 e. The molecule has 0 saturated carbocycles. The first kappa shape index (κ1) is 15.9. The average Bonchev–Trinajstić information content (AvgIpc) is 2.86. The molecule has 2 N–H and O–H groups in total. The summed E-state index contributed by atoms with van der Waals surface area (Å²) in [6.45, 7) is 1.33. The lowest BCUT2D eigenvalue weighted by Gasteiger charge is -2.06. The number of nitrogens with zero attached hydrogens (tertiary/aromatic N) is 2. The van der Waals surface area contributed by atoms with E-state index < -0.39 is 14.9 Å². The van der Waals surface area contributed by atoms with Gasteiger partial charge in [-0.3, -0.25) is 19.6 Å². The van der Waals surface area contributed by atoms with Gasteiger partial charge in [0.1, 0.15) is 6.20 Å². The highest BCUT2D eigenvalue weighted by Gasteiger charge is 2.19. The summed E-state index contributed by atoms with van der Waals surface area (Å²) in [6, 6.07) is 5.46. The van der Waals surface area contributed by atoms with Crippen molar-refractivity contribution in [3.63, 3.8) is 0 Å². The zero-order valence-electron chi connectivity index (χ0n) is 11.1. The van der Waals surface area contributed by atoms with Crippen molar-refractivity contribution in [1.82, 2.24) is 4.98 Å². The van der Waals surface area contributed by atoms with Crippen LogP contribution < -0.4 is 10.0 Å². The Morgan fingerprint density at radius 2 is 1.95 bits per heavy atom. The summed E-state index contributed by atoms with van der Waals surface area (Å²) in [6.07, 6.45) is 0.975. The molecule has 1 aromatic heterocycles. The number of anilines is 2. The van der Waals surface area contributed by atoms with Crippen LogP contribution in [0.25, 0.3) is 0 Å². The molecule has 2 rings (SSSR count). The number of nitro groups is 1. The SMILES string of the molecule is CC(=O)Nc1ccc(S(=O)(=O)Nc2ncc([N+](=O)[O-])s2)cc1. The zero-order valence-corrected chi connectivity index (χ0v) is 12.8. The van der Waals surface area contributed by atoms with Crippen LogP contribution >= 0.6 is 11.3 Å². The second-order valence-electron chi connectivity index (χ2n) is 4.07. The van der Waals surface area contributed by atoms with E-state index in [0.29, 0.717) is 17.0 Å². The van der Waals surface area contributed by atoms with Gasteiger partial charge in [-0.25, -0.2) is 13.4 Å². The number of hydrogen-bond acceptors (Lipinski definition) is 7. The topological polar surface area (TPSA) is 131 Å². The summed E-state index contributed by atoms with van der Waals surface area (Å²) in [5.74, 6) is -0.274. The second-order valence-corrected chi connectivity index (χ2v) is 6.76. The number of amides is 1. The van der Waals surface area contributed by atoms with Crippen molar-refractivity contribution < 1.29 is 18.1 Å². The molecule has 22 heavy (non-hydrogen) atoms. The summed E-state index contributed by atoms with van der Waals surface area (Å²) in [4.78, 5) is 24.4. The van der Waals surface area contributed by atoms with Gasteiger partial charge < -0.3 is 5.32 Å². The maximum Gasteiger partial charge on any atom is 0.345 e. The van der Waals surface area contributed by atoms with Crippen molar-refractivity contribution in [1.29, 1.82) is 0 Å². The molecular weight excluding hydrogens is 332 g/mol. The molecule has 0 saturated heterocycles. The Kier molecular flexibility index (Phi) is 4.37. The lowest BCUT2D eigenvalue weighted by Crippen LogP contribution is -2.13. The van der Waals surface area contributed by atoms with Crippen molar-refractivity contribution in [2.45, 2.75) is 11.8 Å². The summed E-state index contributed by atoms with van der Waals surface area (Å²) in [5, 5.41) is 12.7. The molecule has 1 amide bonds. The molecule has 1 heterocycles. The van der Waals surface area contributed by atoms with Crippen molar-refractivity contribution >= 4 is 43.1 Å². The van der Waals surface area contributed by atoms with E-state index in [2.05, 4.69) is 15.0 Å². The van der Waals surface area contributed by atoms with Crippen LogP contribution in [0.4, 0.5) is 15.8 Å². The number of nitrogens with one attached hydrogen (secondary N) is 2. The van der Waals surface area contributed by atoms with Gasteiger partial charge in [0, 0.05) is 12.6 Å². The van der Waals surface area contributed by atoms with Crippen molar-refractivity contribution in [2.24, 2.45) is 0 Å². The van der Waals surface area contributed by atoms with Crippen LogP contribution in [0.15, 0.2) is 35.4 Å². The number of thiazole rings is 1. The molecule has 0 atom stereocenters. The number of benzene rings is 1. The largest absolute Gasteiger partial charge is 0.345 e. The first-order valence-electron chi connectivity index (χ1n) is 5.78. The monoisotopic (exact) mass is 342 g/mol. The van der Waals surface area contributed by atoms with E-state index in [1.165, 1.54) is 31.2 Å². The zero-order chi connectivity index (χ0) is 16.3. The van der Waals surface area contributed by atoms with Gasteiger partial charge in [-0.2, -0.15) is 0 Å². The highest BCUT2D eigenvalue weighted by molar-refractivity contribution is 7.93. The molecule has 0 bridgehead atoms. The van der Waals surface area contributed by atoms with Gasteiger partial charge in [0.2, 0.25) is 11.0 Å². The second kappa shape index (κ2) is 6.07. The number of carbonyl (C=O) groups is 1. The van der Waals surface area contributed by atoms with Crippen LogP contribution in [0.1, 0.15) is 6.92 Å². The first-order chi connectivity index (χ1) is 10.3. The maximum atomic E-state index is 12.1. The van der Waals surface area contributed by atoms with Crippen molar-refractivity contribution in [2.75, 3.05) is 10.0 Å². The molecule has 9 nitrogen and oxygen atoms in total. The standard InChI is InChI=1S/C11H10N4O5S2/c1-7(16)13-8-2-4-9(5-3-8)22(19,20)14-11-12-6-10(21-11)15(17)18/h2-6H,1H3,(H,12,14)(H,13,16). The van der Waals surface area contributed by atoms with Crippen LogP contribution in [0.2, 0.25) is 0 Å². The first-order valence-corrected chi connectivity index (χ1v) is 8.08. The van der Waals surface area contributed by atoms with E-state index in [1.807, 2.05) is 0 Å². The van der Waals surface area contributed by atoms with Crippen molar-refractivity contribution in [3.8, 4) is 0 Å². The summed E-state index contributed by atoms with van der Waals surface area (Å²) in [7, 11) is -3.91. The summed E-state index contributed by atoms with van der Waals surface area (Å²) < 4.78 is 26.4. The third-order valence-corrected chi connectivity index (χ3v) is 4.73. The van der Waals surface area contributed by atoms with Crippen LogP contribution in [0.5, 0.6) is 0 Å². The number of carbonyl (C=O) groups excluding carboxylic acids is 1. The lowest BCUT2D eigenvalue weighted by molar-refractivity contribution is -0.380. The Bertz CT molecular complexity index is 813. The van der Waals surface area contributed by atoms with Gasteiger partial charge in [0.15, 0.2) is 0 Å². The van der Waals surface area contributed by atoms with E-state index in [0.717, 1.165) is 6.20 Å². The molecule has 2 aromatic rings. The third kappa shape index (κ3) is 3.77. The number of rotatable bonds is 5. The van der Waals surface area contributed by atoms with Gasteiger partial charge in [-0.1, -0.05) is 0 Å². The fourth-order valence-corrected chi connectivity index (χ4v) is 3.37. The average molecular weight is 342 g/mol. The fourth-order valence-electron chi connectivity index (χ4n) is 1.49. The van der Waals surface area contributed by atoms with Crippen LogP contribution in [0.3, 0.4) is 0 Å². The predicted molar refractivity (Wildman–Crippen MR) is 80.3 cm³/mol. The fraction of sp³-hybridized carbons (Fsp3) is 0.0909. The van der Waals surface area contributed by atoms with Gasteiger partial charge in [0.05, 0.1) is 9.82 Å². The molecule has 0 aliphatic carbocycles. The molecule has 0 fully saturated rings. The van der Waals surface area contributed by atoms with Gasteiger partial charge in [-0.15, -0.1) is 0 Å². The molecule has 0 aliphatic heterocycles. The molecule has 116 valence electrons. The summed E-state index contributed by atoms with van der Waals surface area (Å²) in [5.41, 5.74) is 0.455. The Morgan fingerprint density at radius 1 is 1.32 bits per heavy atom. The number of hydrogen-bond donors (Lipinski definition) is 2. The van der Waals surface area contributed by atoms with Gasteiger partial charge >= 0.3 is 5.00 Å². The lowest BCUT2D eigenvalue weighted by atomic mass is 10.3. The molecule has 11 heteroatoms. The van der Waals surface area contributed by atoms with Crippen LogP contribution in [-0.2, 0) is 14.8 Å². The minimum absolute atomic E-state index is 0.0561. The van der Waals surface area contributed by atoms with E-state index in [4.69, 9.17) is 0 Å². The van der Waals surface area contributed by atoms with E-state index in [-0.39, 0.29) is 20.9 Å². The highest BCUT2D eigenvalue weighted by Crippen LogP contribution is 2.27. The quantitative estimate of drug-likeness (QED) is 0.629. The van der Waals surface area contributed by atoms with E-state index in [1.54, 1.807) is 0 Å². The Hall–Kier alpha value is -2.53. The minimum atomic E-state index is -3.91. The van der Waals surface area contributed by atoms with E-state index >= 15 is 0 Å². The van der Waals surface area contributed by atoms with Gasteiger partial charge in [0.25, 0.3) is 10.0 Å². The molecule has 0 spiro atoms. The van der Waals surface area contributed by atoms with E-state index in [9.17, 15) is 23.3 Å². The molecule has 0 radical (unpaired) electrons. The maximum absolute atomic E-state index is 12.1. The molecule has 0 aliphatic rings. The Labute approximate surface area is 129 Å². The third-order valence-electron chi connectivity index (χ3n) is 2.38. The Balaban J connectivity index is 2.18. The van der Waals surface area contributed by atoms with Crippen LogP contribution in [0, 0.1) is 10.1 Å². The van der Waals surface area contributed by atoms with Crippen molar-refractivity contribution in [3.05, 3.63) is 40.6 Å². The number of aromatic nitrogens is 1. The van der Waals surface area contributed by atoms with Crippen LogP contribution in [-0.4, -0.2) is 24.2 Å².